The molecule has 0 radical (unpaired) electrons. The van der Waals surface area contributed by atoms with Crippen LogP contribution < -0.4 is 11.1 Å². The minimum atomic E-state index is 0.561. The van der Waals surface area contributed by atoms with Crippen molar-refractivity contribution in [2.24, 2.45) is 10.7 Å². The molecule has 0 unspecified atom stereocenters. The van der Waals surface area contributed by atoms with Gasteiger partial charge in [-0.1, -0.05) is 86.5 Å². The fourth-order valence-electron chi connectivity index (χ4n) is 3.15. The molecule has 2 aromatic rings. The number of nitrogens with two attached hydrogens (primary N) is 1. The SMILES string of the molecule is C=CC(=C\C)/C(C)=N/c1cccc(-c2ccccc2)c1C(=C)NCC(=C)/C=C\C=C/N. The van der Waals surface area contributed by atoms with Crippen LogP contribution in [0.25, 0.3) is 16.8 Å². The van der Waals surface area contributed by atoms with E-state index >= 15 is 0 Å². The van der Waals surface area contributed by atoms with Crippen molar-refractivity contribution in [3.63, 3.8) is 0 Å². The van der Waals surface area contributed by atoms with Gasteiger partial charge in [0.05, 0.1) is 5.69 Å². The first-order valence-corrected chi connectivity index (χ1v) is 10.2. The quantitative estimate of drug-likeness (QED) is 0.338. The lowest BCUT2D eigenvalue weighted by Crippen LogP contribution is -2.14. The minimum absolute atomic E-state index is 0.561. The van der Waals surface area contributed by atoms with E-state index in [4.69, 9.17) is 10.7 Å². The summed E-state index contributed by atoms with van der Waals surface area (Å²) in [6.45, 7) is 16.8. The van der Waals surface area contributed by atoms with Crippen molar-refractivity contribution in [3.8, 4) is 11.1 Å². The van der Waals surface area contributed by atoms with Crippen LogP contribution in [0.1, 0.15) is 19.4 Å². The summed E-state index contributed by atoms with van der Waals surface area (Å²) < 4.78 is 0. The van der Waals surface area contributed by atoms with Gasteiger partial charge in [-0.3, -0.25) is 4.99 Å². The molecule has 0 heterocycles. The fourth-order valence-corrected chi connectivity index (χ4v) is 3.15. The molecule has 0 atom stereocenters. The average molecular weight is 410 g/mol. The molecule has 0 aliphatic heterocycles. The third-order valence-electron chi connectivity index (χ3n) is 4.75. The minimum Gasteiger partial charge on any atom is -0.405 e. The van der Waals surface area contributed by atoms with Crippen LogP contribution in [-0.4, -0.2) is 12.3 Å². The highest BCUT2D eigenvalue weighted by Gasteiger charge is 2.14. The first-order valence-electron chi connectivity index (χ1n) is 10.2. The van der Waals surface area contributed by atoms with E-state index in [1.54, 1.807) is 6.08 Å². The normalized spacial score (nSPS) is 12.3. The number of benzene rings is 2. The molecule has 3 heteroatoms. The summed E-state index contributed by atoms with van der Waals surface area (Å²) in [5.74, 6) is 0. The molecule has 0 aliphatic carbocycles. The van der Waals surface area contributed by atoms with Crippen molar-refractivity contribution in [1.29, 1.82) is 0 Å². The summed E-state index contributed by atoms with van der Waals surface area (Å²) in [5.41, 5.74) is 13.0. The Balaban J connectivity index is 2.48. The second-order valence-corrected chi connectivity index (χ2v) is 6.95. The van der Waals surface area contributed by atoms with Crippen LogP contribution in [-0.2, 0) is 0 Å². The number of aliphatic imine (C=N–C) groups is 1. The molecule has 0 aromatic heterocycles. The van der Waals surface area contributed by atoms with Crippen LogP contribution in [0.15, 0.2) is 121 Å². The Morgan fingerprint density at radius 2 is 1.81 bits per heavy atom. The summed E-state index contributed by atoms with van der Waals surface area (Å²) in [6, 6.07) is 16.4. The lowest BCUT2D eigenvalue weighted by Gasteiger charge is -2.17. The van der Waals surface area contributed by atoms with E-state index in [0.717, 1.165) is 44.9 Å². The molecule has 3 N–H and O–H groups in total. The topological polar surface area (TPSA) is 50.4 Å². The van der Waals surface area contributed by atoms with Gasteiger partial charge in [-0.05, 0) is 54.5 Å². The maximum Gasteiger partial charge on any atom is 0.0732 e. The van der Waals surface area contributed by atoms with Gasteiger partial charge in [-0.2, -0.15) is 0 Å². The third kappa shape index (κ3) is 6.58. The Bertz CT molecular complexity index is 1050. The Morgan fingerprint density at radius 3 is 2.45 bits per heavy atom. The van der Waals surface area contributed by atoms with Gasteiger partial charge in [0.25, 0.3) is 0 Å². The van der Waals surface area contributed by atoms with Gasteiger partial charge in [-0.15, -0.1) is 0 Å². The third-order valence-corrected chi connectivity index (χ3v) is 4.75. The van der Waals surface area contributed by atoms with Crippen molar-refractivity contribution in [3.05, 3.63) is 122 Å². The number of nitrogens with one attached hydrogen (secondary N) is 1. The van der Waals surface area contributed by atoms with Gasteiger partial charge < -0.3 is 11.1 Å². The van der Waals surface area contributed by atoms with Crippen molar-refractivity contribution >= 4 is 17.1 Å². The van der Waals surface area contributed by atoms with Gasteiger partial charge in [0, 0.05) is 23.5 Å². The second kappa shape index (κ2) is 12.0. The van der Waals surface area contributed by atoms with Gasteiger partial charge >= 0.3 is 0 Å². The summed E-state index contributed by atoms with van der Waals surface area (Å²) in [4.78, 5) is 4.91. The summed E-state index contributed by atoms with van der Waals surface area (Å²) in [6.07, 6.45) is 10.8. The van der Waals surface area contributed by atoms with Gasteiger partial charge in [-0.25, -0.2) is 0 Å². The molecule has 0 saturated heterocycles. The van der Waals surface area contributed by atoms with E-state index in [9.17, 15) is 0 Å². The Labute approximate surface area is 186 Å². The van der Waals surface area contributed by atoms with Crippen LogP contribution in [0.3, 0.4) is 0 Å². The molecule has 158 valence electrons. The van der Waals surface area contributed by atoms with Gasteiger partial charge in [0.1, 0.15) is 0 Å². The molecular formula is C28H31N3. The van der Waals surface area contributed by atoms with E-state index in [-0.39, 0.29) is 0 Å². The van der Waals surface area contributed by atoms with E-state index in [1.165, 1.54) is 6.20 Å². The summed E-state index contributed by atoms with van der Waals surface area (Å²) in [7, 11) is 0. The highest BCUT2D eigenvalue weighted by molar-refractivity contribution is 6.03. The highest BCUT2D eigenvalue weighted by Crippen LogP contribution is 2.35. The van der Waals surface area contributed by atoms with Crippen LogP contribution in [0.5, 0.6) is 0 Å². The molecule has 2 aromatic carbocycles. The van der Waals surface area contributed by atoms with Crippen LogP contribution >= 0.6 is 0 Å². The predicted molar refractivity (Wildman–Crippen MR) is 137 cm³/mol. The Morgan fingerprint density at radius 1 is 1.06 bits per heavy atom. The largest absolute Gasteiger partial charge is 0.405 e. The number of hydrogen-bond acceptors (Lipinski definition) is 3. The van der Waals surface area contributed by atoms with E-state index in [0.29, 0.717) is 6.54 Å². The van der Waals surface area contributed by atoms with Crippen molar-refractivity contribution in [2.75, 3.05) is 6.54 Å². The van der Waals surface area contributed by atoms with Crippen LogP contribution in [0, 0.1) is 0 Å². The van der Waals surface area contributed by atoms with Crippen molar-refractivity contribution in [1.82, 2.24) is 5.32 Å². The monoisotopic (exact) mass is 409 g/mol. The first kappa shape index (κ1) is 23.4. The van der Waals surface area contributed by atoms with Crippen LogP contribution in [0.4, 0.5) is 5.69 Å². The number of hydrogen-bond donors (Lipinski definition) is 2. The zero-order chi connectivity index (χ0) is 22.6. The molecule has 2 rings (SSSR count). The molecular weight excluding hydrogens is 378 g/mol. The first-order chi connectivity index (χ1) is 15.0. The van der Waals surface area contributed by atoms with E-state index in [1.807, 2.05) is 68.5 Å². The van der Waals surface area contributed by atoms with E-state index < -0.39 is 0 Å². The predicted octanol–water partition coefficient (Wildman–Crippen LogP) is 6.72. The summed E-state index contributed by atoms with van der Waals surface area (Å²) >= 11 is 0. The molecule has 0 fully saturated rings. The Hall–Kier alpha value is -3.85. The molecule has 0 amide bonds. The van der Waals surface area contributed by atoms with Crippen LogP contribution in [0.2, 0.25) is 0 Å². The maximum atomic E-state index is 5.37. The number of rotatable bonds is 10. The number of nitrogens with zero attached hydrogens (tertiary/aromatic N) is 1. The molecule has 3 nitrogen and oxygen atoms in total. The standard InChI is InChI=1S/C28H31N3/c1-6-24(7-2)22(4)31-27-18-13-17-26(25-15-9-8-10-16-25)28(27)23(5)30-20-21(3)14-11-12-19-29/h6-19,30H,1,3,5,20,29H2,2,4H3/b14-11-,19-12-,24-7+,31-22+. The average Bonchev–Trinajstić information content (AvgIpc) is 2.79. The Kier molecular flexibility index (Phi) is 9.06. The maximum absolute atomic E-state index is 5.37. The van der Waals surface area contributed by atoms with Gasteiger partial charge in [0.2, 0.25) is 0 Å². The summed E-state index contributed by atoms with van der Waals surface area (Å²) in [5, 5.41) is 3.40. The lowest BCUT2D eigenvalue weighted by atomic mass is 9.96. The molecule has 0 saturated carbocycles. The molecule has 0 spiro atoms. The van der Waals surface area contributed by atoms with Crippen molar-refractivity contribution in [2.45, 2.75) is 13.8 Å². The van der Waals surface area contributed by atoms with Gasteiger partial charge in [0.15, 0.2) is 0 Å². The second-order valence-electron chi connectivity index (χ2n) is 6.95. The number of allylic oxidation sites excluding steroid dienone is 5. The fraction of sp³-hybridized carbons (Fsp3) is 0.107. The zero-order valence-electron chi connectivity index (χ0n) is 18.4. The molecule has 31 heavy (non-hydrogen) atoms. The van der Waals surface area contributed by atoms with Crippen molar-refractivity contribution < 1.29 is 0 Å². The molecule has 0 aliphatic rings. The zero-order valence-corrected chi connectivity index (χ0v) is 18.4. The highest BCUT2D eigenvalue weighted by atomic mass is 14.9. The van der Waals surface area contributed by atoms with E-state index in [2.05, 4.69) is 43.3 Å². The lowest BCUT2D eigenvalue weighted by molar-refractivity contribution is 0.983. The smallest absolute Gasteiger partial charge is 0.0732 e. The molecule has 0 bridgehead atoms.